The molecule has 92 valence electrons. The predicted octanol–water partition coefficient (Wildman–Crippen LogP) is 0.754. The molecule has 0 radical (unpaired) electrons. The Morgan fingerprint density at radius 1 is 1.29 bits per heavy atom. The van der Waals surface area contributed by atoms with Crippen LogP contribution in [0.4, 0.5) is 5.82 Å². The summed E-state index contributed by atoms with van der Waals surface area (Å²) in [5, 5.41) is 0. The maximum atomic E-state index is 11.6. The largest absolute Gasteiger partial charge is 0.352 e. The van der Waals surface area contributed by atoms with E-state index in [1.165, 1.54) is 0 Å². The number of anilines is 1. The summed E-state index contributed by atoms with van der Waals surface area (Å²) in [6.45, 7) is 3.05. The number of amides is 1. The van der Waals surface area contributed by atoms with Gasteiger partial charge in [0.05, 0.1) is 6.20 Å². The fourth-order valence-electron chi connectivity index (χ4n) is 1.88. The van der Waals surface area contributed by atoms with Crippen LogP contribution >= 0.6 is 11.6 Å². The third-order valence-electron chi connectivity index (χ3n) is 2.81. The quantitative estimate of drug-likeness (QED) is 0.747. The molecule has 1 saturated heterocycles. The molecule has 2 rings (SSSR count). The van der Waals surface area contributed by atoms with Crippen molar-refractivity contribution < 1.29 is 4.79 Å². The van der Waals surface area contributed by atoms with E-state index < -0.39 is 0 Å². The molecule has 0 bridgehead atoms. The van der Waals surface area contributed by atoms with Gasteiger partial charge in [0, 0.05) is 50.9 Å². The van der Waals surface area contributed by atoms with Gasteiger partial charge in [-0.05, 0) is 0 Å². The Morgan fingerprint density at radius 2 is 2.06 bits per heavy atom. The van der Waals surface area contributed by atoms with Crippen LogP contribution in [0.2, 0.25) is 0 Å². The van der Waals surface area contributed by atoms with Crippen LogP contribution in [0.3, 0.4) is 0 Å². The highest BCUT2D eigenvalue weighted by molar-refractivity contribution is 6.18. The summed E-state index contributed by atoms with van der Waals surface area (Å²) in [7, 11) is 0. The van der Waals surface area contributed by atoms with E-state index in [-0.39, 0.29) is 5.91 Å². The fourth-order valence-corrected chi connectivity index (χ4v) is 2.04. The number of hydrogen-bond donors (Lipinski definition) is 0. The first-order valence-electron chi connectivity index (χ1n) is 5.66. The summed E-state index contributed by atoms with van der Waals surface area (Å²) in [5.41, 5.74) is 0. The second-order valence-corrected chi connectivity index (χ2v) is 4.25. The maximum Gasteiger partial charge on any atom is 0.223 e. The van der Waals surface area contributed by atoms with Gasteiger partial charge in [-0.2, -0.15) is 0 Å². The van der Waals surface area contributed by atoms with Gasteiger partial charge in [-0.15, -0.1) is 11.6 Å². The second kappa shape index (κ2) is 5.82. The SMILES string of the molecule is O=C(CCCl)N1CCN(c2cnccn2)CC1. The van der Waals surface area contributed by atoms with Crippen molar-refractivity contribution in [3.8, 4) is 0 Å². The van der Waals surface area contributed by atoms with Gasteiger partial charge in [0.15, 0.2) is 0 Å². The molecule has 0 aliphatic carbocycles. The standard InChI is InChI=1S/C11H15ClN4O/c12-2-1-11(17)16-7-5-15(6-8-16)10-9-13-3-4-14-10/h3-4,9H,1-2,5-8H2. The molecule has 17 heavy (non-hydrogen) atoms. The Hall–Kier alpha value is -1.36. The Balaban J connectivity index is 1.88. The van der Waals surface area contributed by atoms with E-state index >= 15 is 0 Å². The van der Waals surface area contributed by atoms with Gasteiger partial charge in [-0.1, -0.05) is 0 Å². The minimum Gasteiger partial charge on any atom is -0.352 e. The summed E-state index contributed by atoms with van der Waals surface area (Å²) < 4.78 is 0. The number of halogens is 1. The van der Waals surface area contributed by atoms with Gasteiger partial charge in [-0.25, -0.2) is 4.98 Å². The number of carbonyl (C=O) groups excluding carboxylic acids is 1. The first-order valence-corrected chi connectivity index (χ1v) is 6.19. The highest BCUT2D eigenvalue weighted by atomic mass is 35.5. The third kappa shape index (κ3) is 3.06. The number of piperazine rings is 1. The number of nitrogens with zero attached hydrogens (tertiary/aromatic N) is 4. The number of aromatic nitrogens is 2. The number of carbonyl (C=O) groups is 1. The van der Waals surface area contributed by atoms with Crippen LogP contribution in [0.25, 0.3) is 0 Å². The molecule has 1 aromatic heterocycles. The van der Waals surface area contributed by atoms with E-state index in [2.05, 4.69) is 14.9 Å². The molecule has 0 aromatic carbocycles. The lowest BCUT2D eigenvalue weighted by atomic mass is 10.3. The van der Waals surface area contributed by atoms with E-state index in [1.807, 2.05) is 4.90 Å². The van der Waals surface area contributed by atoms with Crippen LogP contribution in [0.1, 0.15) is 6.42 Å². The van der Waals surface area contributed by atoms with Crippen LogP contribution in [0, 0.1) is 0 Å². The zero-order valence-electron chi connectivity index (χ0n) is 9.55. The van der Waals surface area contributed by atoms with Gasteiger partial charge in [0.2, 0.25) is 5.91 Å². The molecule has 1 fully saturated rings. The van der Waals surface area contributed by atoms with Crippen molar-refractivity contribution in [2.45, 2.75) is 6.42 Å². The van der Waals surface area contributed by atoms with Gasteiger partial charge in [0.25, 0.3) is 0 Å². The van der Waals surface area contributed by atoms with Crippen molar-refractivity contribution >= 4 is 23.3 Å². The maximum absolute atomic E-state index is 11.6. The van der Waals surface area contributed by atoms with Crippen LogP contribution in [-0.4, -0.2) is 52.8 Å². The van der Waals surface area contributed by atoms with Gasteiger partial charge < -0.3 is 9.80 Å². The molecule has 5 nitrogen and oxygen atoms in total. The normalized spacial score (nSPS) is 16.1. The molecular formula is C11H15ClN4O. The summed E-state index contributed by atoms with van der Waals surface area (Å²) in [4.78, 5) is 23.9. The molecule has 1 aliphatic rings. The topological polar surface area (TPSA) is 49.3 Å². The van der Waals surface area contributed by atoms with E-state index in [4.69, 9.17) is 11.6 Å². The van der Waals surface area contributed by atoms with Crippen molar-refractivity contribution in [1.29, 1.82) is 0 Å². The van der Waals surface area contributed by atoms with Crippen molar-refractivity contribution in [2.24, 2.45) is 0 Å². The summed E-state index contributed by atoms with van der Waals surface area (Å²) >= 11 is 5.56. The Kier molecular flexibility index (Phi) is 4.14. The monoisotopic (exact) mass is 254 g/mol. The molecule has 2 heterocycles. The summed E-state index contributed by atoms with van der Waals surface area (Å²) in [6, 6.07) is 0. The van der Waals surface area contributed by atoms with E-state index in [9.17, 15) is 4.79 Å². The van der Waals surface area contributed by atoms with Crippen molar-refractivity contribution in [1.82, 2.24) is 14.9 Å². The molecule has 0 saturated carbocycles. The predicted molar refractivity (Wildman–Crippen MR) is 66.2 cm³/mol. The summed E-state index contributed by atoms with van der Waals surface area (Å²) in [6.07, 6.45) is 5.51. The Labute approximate surface area is 105 Å². The molecule has 1 aromatic rings. The molecule has 6 heteroatoms. The van der Waals surface area contributed by atoms with Crippen LogP contribution < -0.4 is 4.90 Å². The first-order chi connectivity index (χ1) is 8.31. The Morgan fingerprint density at radius 3 is 2.65 bits per heavy atom. The molecule has 0 atom stereocenters. The van der Waals surface area contributed by atoms with E-state index in [0.29, 0.717) is 12.3 Å². The molecule has 1 aliphatic heterocycles. The first kappa shape index (κ1) is 12.1. The van der Waals surface area contributed by atoms with Crippen molar-refractivity contribution in [3.63, 3.8) is 0 Å². The number of hydrogen-bond acceptors (Lipinski definition) is 4. The lowest BCUT2D eigenvalue weighted by Crippen LogP contribution is -2.49. The Bertz CT molecular complexity index is 365. The molecule has 0 spiro atoms. The van der Waals surface area contributed by atoms with Gasteiger partial charge in [0.1, 0.15) is 5.82 Å². The van der Waals surface area contributed by atoms with Crippen molar-refractivity contribution in [3.05, 3.63) is 18.6 Å². The smallest absolute Gasteiger partial charge is 0.223 e. The lowest BCUT2D eigenvalue weighted by molar-refractivity contribution is -0.131. The highest BCUT2D eigenvalue weighted by Gasteiger charge is 2.21. The third-order valence-corrected chi connectivity index (χ3v) is 3.00. The average molecular weight is 255 g/mol. The highest BCUT2D eigenvalue weighted by Crippen LogP contribution is 2.11. The molecular weight excluding hydrogens is 240 g/mol. The summed E-state index contributed by atoms with van der Waals surface area (Å²) in [5.74, 6) is 1.40. The minimum absolute atomic E-state index is 0.138. The fraction of sp³-hybridized carbons (Fsp3) is 0.545. The van der Waals surface area contributed by atoms with E-state index in [0.717, 1.165) is 32.0 Å². The number of rotatable bonds is 3. The average Bonchev–Trinajstić information content (AvgIpc) is 2.40. The van der Waals surface area contributed by atoms with E-state index in [1.54, 1.807) is 18.6 Å². The van der Waals surface area contributed by atoms with Gasteiger partial charge >= 0.3 is 0 Å². The van der Waals surface area contributed by atoms with Crippen LogP contribution in [-0.2, 0) is 4.79 Å². The zero-order valence-corrected chi connectivity index (χ0v) is 10.3. The number of alkyl halides is 1. The molecule has 0 unspecified atom stereocenters. The van der Waals surface area contributed by atoms with Crippen LogP contribution in [0.5, 0.6) is 0 Å². The second-order valence-electron chi connectivity index (χ2n) is 3.87. The van der Waals surface area contributed by atoms with Crippen molar-refractivity contribution in [2.75, 3.05) is 37.0 Å². The zero-order chi connectivity index (χ0) is 12.1. The minimum atomic E-state index is 0.138. The molecule has 0 N–H and O–H groups in total. The van der Waals surface area contributed by atoms with Crippen LogP contribution in [0.15, 0.2) is 18.6 Å². The molecule has 1 amide bonds. The lowest BCUT2D eigenvalue weighted by Gasteiger charge is -2.35. The van der Waals surface area contributed by atoms with Gasteiger partial charge in [-0.3, -0.25) is 9.78 Å².